The van der Waals surface area contributed by atoms with Crippen molar-refractivity contribution < 1.29 is 19.4 Å². The van der Waals surface area contributed by atoms with Crippen LogP contribution in [-0.4, -0.2) is 16.2 Å². The topological polar surface area (TPSA) is 83.6 Å². The monoisotopic (exact) mass is 219 g/mol. The van der Waals surface area contributed by atoms with E-state index in [0.29, 0.717) is 0 Å². The number of benzene rings is 1. The van der Waals surface area contributed by atoms with E-state index in [1.807, 2.05) is 0 Å². The van der Waals surface area contributed by atoms with Crippen LogP contribution in [0.1, 0.15) is 11.6 Å². The number of hydrogen-bond acceptors (Lipinski definition) is 3. The van der Waals surface area contributed by atoms with E-state index >= 15 is 0 Å². The zero-order valence-electron chi connectivity index (χ0n) is 6.87. The summed E-state index contributed by atoms with van der Waals surface area (Å²) in [4.78, 5) is 10.5. The van der Waals surface area contributed by atoms with Crippen molar-refractivity contribution in [2.24, 2.45) is 5.73 Å². The third kappa shape index (κ3) is 1.94. The first kappa shape index (κ1) is 10.7. The number of aromatic hydroxyl groups is 1. The molecule has 1 aromatic rings. The number of carboxylic acid groups (broad SMARTS) is 1. The number of hydrogen-bond donors (Lipinski definition) is 3. The Bertz CT molecular complexity index is 383. The number of carboxylic acids is 1. The Morgan fingerprint density at radius 3 is 2.64 bits per heavy atom. The fraction of sp³-hybridized carbons (Fsp3) is 0.125. The molecule has 0 heterocycles. The third-order valence-electron chi connectivity index (χ3n) is 1.66. The lowest BCUT2D eigenvalue weighted by atomic mass is 10.1. The van der Waals surface area contributed by atoms with Crippen molar-refractivity contribution in [3.8, 4) is 5.75 Å². The summed E-state index contributed by atoms with van der Waals surface area (Å²) in [7, 11) is 0. The molecule has 0 aliphatic carbocycles. The first-order valence-corrected chi connectivity index (χ1v) is 3.97. The number of carbonyl (C=O) groups is 1. The Hall–Kier alpha value is -1.33. The van der Waals surface area contributed by atoms with Crippen LogP contribution in [-0.2, 0) is 4.79 Å². The predicted molar refractivity (Wildman–Crippen MR) is 47.6 cm³/mol. The van der Waals surface area contributed by atoms with Gasteiger partial charge in [-0.15, -0.1) is 0 Å². The largest absolute Gasteiger partial charge is 0.506 e. The minimum Gasteiger partial charge on any atom is -0.506 e. The molecule has 0 saturated heterocycles. The second kappa shape index (κ2) is 3.81. The maximum absolute atomic E-state index is 12.8. The summed E-state index contributed by atoms with van der Waals surface area (Å²) in [5.41, 5.74) is 4.94. The van der Waals surface area contributed by atoms with Crippen LogP contribution in [0, 0.1) is 5.82 Å². The smallest absolute Gasteiger partial charge is 0.325 e. The molecule has 0 unspecified atom stereocenters. The maximum Gasteiger partial charge on any atom is 0.325 e. The van der Waals surface area contributed by atoms with Crippen molar-refractivity contribution >= 4 is 17.6 Å². The molecular weight excluding hydrogens is 213 g/mol. The summed E-state index contributed by atoms with van der Waals surface area (Å²) in [5, 5.41) is 17.6. The number of nitrogens with two attached hydrogens (primary N) is 1. The van der Waals surface area contributed by atoms with E-state index in [9.17, 15) is 14.3 Å². The zero-order chi connectivity index (χ0) is 10.9. The van der Waals surface area contributed by atoms with Crippen molar-refractivity contribution in [3.63, 3.8) is 0 Å². The molecule has 6 heteroatoms. The summed E-state index contributed by atoms with van der Waals surface area (Å²) in [6.45, 7) is 0. The van der Waals surface area contributed by atoms with Gasteiger partial charge in [-0.25, -0.2) is 4.39 Å². The van der Waals surface area contributed by atoms with E-state index in [-0.39, 0.29) is 10.6 Å². The molecule has 0 aromatic heterocycles. The summed E-state index contributed by atoms with van der Waals surface area (Å²) in [6, 6.07) is 0.206. The van der Waals surface area contributed by atoms with Gasteiger partial charge in [0, 0.05) is 5.56 Å². The van der Waals surface area contributed by atoms with Gasteiger partial charge in [0.2, 0.25) is 0 Å². The summed E-state index contributed by atoms with van der Waals surface area (Å²) in [5.74, 6) is -2.63. The molecule has 76 valence electrons. The van der Waals surface area contributed by atoms with Crippen LogP contribution in [0.2, 0.25) is 5.02 Å². The molecular formula is C8H7ClFNO3. The lowest BCUT2D eigenvalue weighted by Gasteiger charge is -2.10. The molecule has 0 saturated carbocycles. The van der Waals surface area contributed by atoms with Crippen LogP contribution in [0.15, 0.2) is 12.1 Å². The van der Waals surface area contributed by atoms with Crippen LogP contribution >= 0.6 is 11.6 Å². The molecule has 14 heavy (non-hydrogen) atoms. The van der Waals surface area contributed by atoms with Crippen LogP contribution < -0.4 is 5.73 Å². The van der Waals surface area contributed by atoms with Crippen LogP contribution in [0.5, 0.6) is 5.75 Å². The second-order valence-electron chi connectivity index (χ2n) is 2.64. The van der Waals surface area contributed by atoms with E-state index in [0.717, 1.165) is 12.1 Å². The highest BCUT2D eigenvalue weighted by molar-refractivity contribution is 6.32. The fourth-order valence-corrected chi connectivity index (χ4v) is 1.17. The van der Waals surface area contributed by atoms with Gasteiger partial charge in [-0.3, -0.25) is 4.79 Å². The SMILES string of the molecule is N[C@H](C(=O)O)c1cc(F)cc(Cl)c1O. The van der Waals surface area contributed by atoms with Gasteiger partial charge in [-0.05, 0) is 12.1 Å². The Morgan fingerprint density at radius 2 is 2.14 bits per heavy atom. The summed E-state index contributed by atoms with van der Waals surface area (Å²) < 4.78 is 12.8. The maximum atomic E-state index is 12.8. The van der Waals surface area contributed by atoms with E-state index in [2.05, 4.69) is 0 Å². The minimum absolute atomic E-state index is 0.248. The van der Waals surface area contributed by atoms with E-state index in [1.165, 1.54) is 0 Å². The molecule has 0 radical (unpaired) electrons. The third-order valence-corrected chi connectivity index (χ3v) is 1.95. The van der Waals surface area contributed by atoms with Crippen LogP contribution in [0.3, 0.4) is 0 Å². The van der Waals surface area contributed by atoms with Gasteiger partial charge in [-0.1, -0.05) is 11.6 Å². The Kier molecular flexibility index (Phi) is 2.93. The standard InChI is InChI=1S/C8H7ClFNO3/c9-5-2-3(10)1-4(7(5)12)6(11)8(13)14/h1-2,6,12H,11H2,(H,13,14)/t6-/m0/s1. The quantitative estimate of drug-likeness (QED) is 0.699. The second-order valence-corrected chi connectivity index (χ2v) is 3.05. The van der Waals surface area contributed by atoms with Gasteiger partial charge < -0.3 is 15.9 Å². The Labute approximate surface area is 83.7 Å². The Balaban J connectivity index is 3.26. The molecule has 4 nitrogen and oxygen atoms in total. The molecule has 0 aliphatic rings. The van der Waals surface area contributed by atoms with Crippen molar-refractivity contribution in [2.75, 3.05) is 0 Å². The minimum atomic E-state index is -1.50. The highest BCUT2D eigenvalue weighted by atomic mass is 35.5. The van der Waals surface area contributed by atoms with Gasteiger partial charge in [0.05, 0.1) is 5.02 Å². The first-order chi connectivity index (χ1) is 6.43. The molecule has 0 aliphatic heterocycles. The van der Waals surface area contributed by atoms with Crippen molar-refractivity contribution in [2.45, 2.75) is 6.04 Å². The van der Waals surface area contributed by atoms with Crippen LogP contribution in [0.25, 0.3) is 0 Å². The fourth-order valence-electron chi connectivity index (χ4n) is 0.956. The molecule has 0 spiro atoms. The first-order valence-electron chi connectivity index (χ1n) is 3.59. The van der Waals surface area contributed by atoms with Gasteiger partial charge in [0.15, 0.2) is 0 Å². The number of phenols is 1. The molecule has 1 aromatic carbocycles. The number of rotatable bonds is 2. The molecule has 1 atom stereocenters. The van der Waals surface area contributed by atoms with Crippen molar-refractivity contribution in [1.82, 2.24) is 0 Å². The van der Waals surface area contributed by atoms with Crippen LogP contribution in [0.4, 0.5) is 4.39 Å². The van der Waals surface area contributed by atoms with Gasteiger partial charge in [0.25, 0.3) is 0 Å². The van der Waals surface area contributed by atoms with Gasteiger partial charge >= 0.3 is 5.97 Å². The average molecular weight is 220 g/mol. The lowest BCUT2D eigenvalue weighted by Crippen LogP contribution is -2.20. The van der Waals surface area contributed by atoms with Crippen molar-refractivity contribution in [1.29, 1.82) is 0 Å². The van der Waals surface area contributed by atoms with E-state index in [1.54, 1.807) is 0 Å². The van der Waals surface area contributed by atoms with Crippen molar-refractivity contribution in [3.05, 3.63) is 28.5 Å². The molecule has 4 N–H and O–H groups in total. The van der Waals surface area contributed by atoms with E-state index < -0.39 is 23.6 Å². The van der Waals surface area contributed by atoms with Gasteiger partial charge in [-0.2, -0.15) is 0 Å². The number of halogens is 2. The summed E-state index contributed by atoms with van der Waals surface area (Å²) >= 11 is 5.43. The highest BCUT2D eigenvalue weighted by Crippen LogP contribution is 2.31. The van der Waals surface area contributed by atoms with E-state index in [4.69, 9.17) is 22.4 Å². The summed E-state index contributed by atoms with van der Waals surface area (Å²) in [6.07, 6.45) is 0. The lowest BCUT2D eigenvalue weighted by molar-refractivity contribution is -0.138. The molecule has 1 rings (SSSR count). The molecule has 0 fully saturated rings. The number of aliphatic carboxylic acids is 1. The highest BCUT2D eigenvalue weighted by Gasteiger charge is 2.20. The normalized spacial score (nSPS) is 12.5. The average Bonchev–Trinajstić information content (AvgIpc) is 2.09. The Morgan fingerprint density at radius 1 is 1.57 bits per heavy atom. The van der Waals surface area contributed by atoms with Gasteiger partial charge in [0.1, 0.15) is 17.6 Å². The number of phenolic OH excluding ortho intramolecular Hbond substituents is 1. The predicted octanol–water partition coefficient (Wildman–Crippen LogP) is 1.27. The zero-order valence-corrected chi connectivity index (χ0v) is 7.62. The molecule has 0 bridgehead atoms. The molecule has 0 amide bonds.